The van der Waals surface area contributed by atoms with Crippen molar-refractivity contribution >= 4 is 27.5 Å². The van der Waals surface area contributed by atoms with Gasteiger partial charge in [-0.05, 0) is 75.2 Å². The minimum Gasteiger partial charge on any atom is -0.494 e. The average molecular weight is 628 g/mol. The van der Waals surface area contributed by atoms with E-state index in [1.54, 1.807) is 42.5 Å². The summed E-state index contributed by atoms with van der Waals surface area (Å²) in [6, 6.07) is 30.8. The molecule has 0 spiro atoms. The highest BCUT2D eigenvalue weighted by molar-refractivity contribution is 7.92. The van der Waals surface area contributed by atoms with Crippen molar-refractivity contribution in [1.82, 2.24) is 10.2 Å². The summed E-state index contributed by atoms with van der Waals surface area (Å²) in [5.41, 5.74) is 3.06. The van der Waals surface area contributed by atoms with E-state index in [1.165, 1.54) is 17.0 Å². The minimum absolute atomic E-state index is 0.0511. The number of rotatable bonds is 14. The number of ether oxygens (including phenoxy) is 1. The lowest BCUT2D eigenvalue weighted by Crippen LogP contribution is -2.54. The Morgan fingerprint density at radius 1 is 0.800 bits per heavy atom. The Hall–Kier alpha value is -4.63. The van der Waals surface area contributed by atoms with Crippen molar-refractivity contribution in [2.45, 2.75) is 57.6 Å². The van der Waals surface area contributed by atoms with Crippen LogP contribution in [-0.4, -0.2) is 50.4 Å². The zero-order valence-corrected chi connectivity index (χ0v) is 27.0. The Balaban J connectivity index is 1.79. The fraction of sp³-hybridized carbons (Fsp3) is 0.278. The molecule has 236 valence electrons. The molecule has 0 bridgehead atoms. The van der Waals surface area contributed by atoms with Crippen molar-refractivity contribution in [3.63, 3.8) is 0 Å². The molecule has 0 aliphatic heterocycles. The van der Waals surface area contributed by atoms with Gasteiger partial charge in [0.05, 0.1) is 17.2 Å². The van der Waals surface area contributed by atoms with Gasteiger partial charge in [0, 0.05) is 19.0 Å². The minimum atomic E-state index is -4.17. The number of hydrogen-bond acceptors (Lipinski definition) is 5. The molecule has 0 unspecified atom stereocenters. The molecule has 1 N–H and O–H groups in total. The number of nitrogens with one attached hydrogen (secondary N) is 1. The topological polar surface area (TPSA) is 96.0 Å². The highest BCUT2D eigenvalue weighted by Gasteiger charge is 2.34. The van der Waals surface area contributed by atoms with Gasteiger partial charge in [-0.1, -0.05) is 78.4 Å². The first-order valence-electron chi connectivity index (χ1n) is 15.1. The van der Waals surface area contributed by atoms with Crippen molar-refractivity contribution in [2.24, 2.45) is 0 Å². The van der Waals surface area contributed by atoms with Crippen LogP contribution in [0.15, 0.2) is 114 Å². The normalized spacial score (nSPS) is 11.9. The monoisotopic (exact) mass is 627 g/mol. The summed E-state index contributed by atoms with van der Waals surface area (Å²) in [6.07, 6.45) is 0.255. The summed E-state index contributed by atoms with van der Waals surface area (Å²) in [5, 5.41) is 2.97. The summed E-state index contributed by atoms with van der Waals surface area (Å²) in [4.78, 5) is 29.8. The molecule has 1 atom stereocenters. The first kappa shape index (κ1) is 33.3. The number of aryl methyl sites for hydroxylation is 1. The third kappa shape index (κ3) is 8.95. The molecule has 2 amide bonds. The van der Waals surface area contributed by atoms with Crippen LogP contribution in [0, 0.1) is 6.92 Å². The van der Waals surface area contributed by atoms with Crippen LogP contribution < -0.4 is 14.4 Å². The lowest BCUT2D eigenvalue weighted by Gasteiger charge is -2.34. The zero-order valence-electron chi connectivity index (χ0n) is 26.2. The van der Waals surface area contributed by atoms with Crippen molar-refractivity contribution in [3.05, 3.63) is 126 Å². The molecule has 8 nitrogen and oxygen atoms in total. The van der Waals surface area contributed by atoms with Gasteiger partial charge in [-0.2, -0.15) is 0 Å². The van der Waals surface area contributed by atoms with Crippen molar-refractivity contribution in [3.8, 4) is 5.75 Å². The molecule has 0 aliphatic carbocycles. The van der Waals surface area contributed by atoms with Gasteiger partial charge in [0.1, 0.15) is 18.3 Å². The van der Waals surface area contributed by atoms with E-state index < -0.39 is 28.5 Å². The van der Waals surface area contributed by atoms with Crippen molar-refractivity contribution in [2.75, 3.05) is 17.5 Å². The number of anilines is 1. The van der Waals surface area contributed by atoms with Crippen LogP contribution >= 0.6 is 0 Å². The van der Waals surface area contributed by atoms with Crippen molar-refractivity contribution in [1.29, 1.82) is 0 Å². The maximum absolute atomic E-state index is 14.5. The lowest BCUT2D eigenvalue weighted by molar-refractivity contribution is -0.140. The molecular weight excluding hydrogens is 586 g/mol. The quantitative estimate of drug-likeness (QED) is 0.192. The summed E-state index contributed by atoms with van der Waals surface area (Å²) >= 11 is 0. The van der Waals surface area contributed by atoms with Gasteiger partial charge in [-0.3, -0.25) is 13.9 Å². The molecule has 4 aromatic rings. The average Bonchev–Trinajstić information content (AvgIpc) is 3.03. The highest BCUT2D eigenvalue weighted by Crippen LogP contribution is 2.27. The van der Waals surface area contributed by atoms with Crippen LogP contribution in [0.5, 0.6) is 5.75 Å². The number of sulfonamides is 1. The summed E-state index contributed by atoms with van der Waals surface area (Å²) in [5.74, 6) is -0.240. The Labute approximate surface area is 266 Å². The zero-order chi connectivity index (χ0) is 32.4. The molecular formula is C36H41N3O5S. The van der Waals surface area contributed by atoms with Crippen LogP contribution in [0.1, 0.15) is 37.5 Å². The summed E-state index contributed by atoms with van der Waals surface area (Å²) in [7, 11) is -4.17. The molecule has 0 aliphatic rings. The predicted molar refractivity (Wildman–Crippen MR) is 178 cm³/mol. The van der Waals surface area contributed by atoms with Crippen LogP contribution in [0.4, 0.5) is 5.69 Å². The molecule has 0 fully saturated rings. The van der Waals surface area contributed by atoms with E-state index >= 15 is 0 Å². The molecule has 4 aromatic carbocycles. The second kappa shape index (κ2) is 15.4. The smallest absolute Gasteiger partial charge is 0.264 e. The fourth-order valence-electron chi connectivity index (χ4n) is 4.95. The number of hydrogen-bond donors (Lipinski definition) is 1. The van der Waals surface area contributed by atoms with Gasteiger partial charge in [-0.25, -0.2) is 8.42 Å². The highest BCUT2D eigenvalue weighted by atomic mass is 32.2. The standard InChI is InChI=1S/C36H41N3O5S/c1-5-44-32-22-20-31(21-23-32)39(45(42,43)33-14-10-7-11-15-33)26-35(40)38(25-30-18-16-28(4)17-19-30)34(36(41)37-27(2)3)24-29-12-8-6-9-13-29/h6-23,27,34H,5,24-26H2,1-4H3,(H,37,41)/t34-/m1/s1. The Morgan fingerprint density at radius 3 is 1.98 bits per heavy atom. The van der Waals surface area contributed by atoms with Crippen molar-refractivity contribution < 1.29 is 22.7 Å². The molecule has 0 heterocycles. The maximum atomic E-state index is 14.5. The largest absolute Gasteiger partial charge is 0.494 e. The predicted octanol–water partition coefficient (Wildman–Crippen LogP) is 5.75. The first-order chi connectivity index (χ1) is 21.6. The number of nitrogens with zero attached hydrogens (tertiary/aromatic N) is 2. The van der Waals surface area contributed by atoms with E-state index in [4.69, 9.17) is 4.74 Å². The number of carbonyl (C=O) groups excluding carboxylic acids is 2. The lowest BCUT2D eigenvalue weighted by atomic mass is 10.0. The Morgan fingerprint density at radius 2 is 1.40 bits per heavy atom. The summed E-state index contributed by atoms with van der Waals surface area (Å²) < 4.78 is 34.8. The van der Waals surface area contributed by atoms with Gasteiger partial charge >= 0.3 is 0 Å². The summed E-state index contributed by atoms with van der Waals surface area (Å²) in [6.45, 7) is 7.63. The SMILES string of the molecule is CCOc1ccc(N(CC(=O)N(Cc2ccc(C)cc2)[C@H](Cc2ccccc2)C(=O)NC(C)C)S(=O)(=O)c2ccccc2)cc1. The fourth-order valence-corrected chi connectivity index (χ4v) is 6.38. The third-order valence-corrected chi connectivity index (χ3v) is 9.01. The number of carbonyl (C=O) groups is 2. The van der Waals surface area contributed by atoms with Gasteiger partial charge in [0.25, 0.3) is 10.0 Å². The van der Waals surface area contributed by atoms with E-state index in [0.717, 1.165) is 21.0 Å². The van der Waals surface area contributed by atoms with Crippen LogP contribution in [0.2, 0.25) is 0 Å². The van der Waals surface area contributed by atoms with Gasteiger partial charge in [0.2, 0.25) is 11.8 Å². The van der Waals surface area contributed by atoms with Gasteiger partial charge in [-0.15, -0.1) is 0 Å². The van der Waals surface area contributed by atoms with Crippen LogP contribution in [0.25, 0.3) is 0 Å². The van der Waals surface area contributed by atoms with Gasteiger partial charge < -0.3 is 15.0 Å². The van der Waals surface area contributed by atoms with E-state index in [1.807, 2.05) is 82.3 Å². The van der Waals surface area contributed by atoms with Crippen LogP contribution in [-0.2, 0) is 32.6 Å². The van der Waals surface area contributed by atoms with E-state index in [0.29, 0.717) is 18.0 Å². The molecule has 0 saturated carbocycles. The second-order valence-electron chi connectivity index (χ2n) is 11.1. The van der Waals surface area contributed by atoms with Gasteiger partial charge in [0.15, 0.2) is 0 Å². The van der Waals surface area contributed by atoms with E-state index in [2.05, 4.69) is 5.32 Å². The van der Waals surface area contributed by atoms with E-state index in [9.17, 15) is 18.0 Å². The molecule has 0 aromatic heterocycles. The Bertz CT molecular complexity index is 1640. The first-order valence-corrected chi connectivity index (χ1v) is 16.5. The number of benzene rings is 4. The molecule has 9 heteroatoms. The molecule has 0 radical (unpaired) electrons. The number of amides is 2. The third-order valence-electron chi connectivity index (χ3n) is 7.22. The maximum Gasteiger partial charge on any atom is 0.264 e. The van der Waals surface area contributed by atoms with E-state index in [-0.39, 0.29) is 29.8 Å². The molecule has 4 rings (SSSR count). The second-order valence-corrected chi connectivity index (χ2v) is 13.0. The Kier molecular flexibility index (Phi) is 11.4. The van der Waals surface area contributed by atoms with Crippen LogP contribution in [0.3, 0.4) is 0 Å². The molecule has 45 heavy (non-hydrogen) atoms. The molecule has 0 saturated heterocycles.